The summed E-state index contributed by atoms with van der Waals surface area (Å²) in [5.41, 5.74) is 0. The summed E-state index contributed by atoms with van der Waals surface area (Å²) in [5.74, 6) is -13.9. The second-order valence-electron chi connectivity index (χ2n) is 3.26. The predicted octanol–water partition coefficient (Wildman–Crippen LogP) is 3.20. The molecule has 0 aromatic rings. The Balaban J connectivity index is 5.86. The smallest absolute Gasteiger partial charge is 0.201 e. The van der Waals surface area contributed by atoms with Crippen LogP contribution in [0.3, 0.4) is 0 Å². The largest absolute Gasteiger partial charge is 0.431 e. The first-order valence-corrected chi connectivity index (χ1v) is 5.41. The summed E-state index contributed by atoms with van der Waals surface area (Å²) in [6, 6.07) is 0. The van der Waals surface area contributed by atoms with Gasteiger partial charge in [-0.05, 0) is 0 Å². The van der Waals surface area contributed by atoms with Crippen LogP contribution in [0.2, 0.25) is 0 Å². The zero-order chi connectivity index (χ0) is 16.8. The number of hydrogen-bond acceptors (Lipinski definition) is 2. The number of sulfonamides is 1. The van der Waals surface area contributed by atoms with Crippen molar-refractivity contribution in [3.8, 4) is 0 Å². The molecule has 0 spiro atoms. The molecule has 0 rings (SSSR count). The van der Waals surface area contributed by atoms with Crippen molar-refractivity contribution >= 4 is 10.0 Å². The van der Waals surface area contributed by atoms with Crippen molar-refractivity contribution in [3.63, 3.8) is 0 Å². The van der Waals surface area contributed by atoms with E-state index < -0.39 is 44.5 Å². The molecule has 0 heterocycles. The lowest BCUT2D eigenvalue weighted by Gasteiger charge is -2.32. The minimum Gasteiger partial charge on any atom is -0.201 e. The van der Waals surface area contributed by atoms with Crippen LogP contribution in [0, 0.1) is 0 Å². The molecule has 0 aromatic heterocycles. The molecule has 122 valence electrons. The number of alkyl halides is 9. The van der Waals surface area contributed by atoms with Gasteiger partial charge in [-0.15, -0.1) is 0 Å². The predicted molar refractivity (Wildman–Crippen MR) is 38.5 cm³/mol. The van der Waals surface area contributed by atoms with E-state index in [1.165, 1.54) is 0 Å². The van der Waals surface area contributed by atoms with Gasteiger partial charge in [-0.3, -0.25) is 0 Å². The first kappa shape index (κ1) is 19.1. The van der Waals surface area contributed by atoms with Crippen LogP contribution >= 0.6 is 0 Å². The van der Waals surface area contributed by atoms with Crippen LogP contribution in [0.4, 0.5) is 48.5 Å². The Morgan fingerprint density at radius 1 is 0.800 bits per heavy atom. The van der Waals surface area contributed by atoms with E-state index in [2.05, 4.69) is 0 Å². The Hall–Kier alpha value is -0.860. The topological polar surface area (TPSA) is 37.4 Å². The average molecular weight is 349 g/mol. The van der Waals surface area contributed by atoms with Crippen LogP contribution < -0.4 is 0 Å². The Morgan fingerprint density at radius 2 is 1.15 bits per heavy atom. The molecule has 0 saturated carbocycles. The van der Waals surface area contributed by atoms with E-state index in [9.17, 15) is 56.9 Å². The SMILES string of the molecule is O=S(=O)(N(F)F)C(F)(F)C(F)(F)C(F)(F)CC(F)(F)F. The Morgan fingerprint density at radius 3 is 1.40 bits per heavy atom. The Kier molecular flexibility index (Phi) is 4.64. The van der Waals surface area contributed by atoms with Crippen LogP contribution in [0.15, 0.2) is 0 Å². The molecule has 0 aliphatic heterocycles. The third-order valence-electron chi connectivity index (χ3n) is 1.75. The molecule has 0 fully saturated rings. The maximum Gasteiger partial charge on any atom is 0.431 e. The van der Waals surface area contributed by atoms with Crippen molar-refractivity contribution in [1.82, 2.24) is 4.75 Å². The summed E-state index contributed by atoms with van der Waals surface area (Å²) < 4.78 is 150. The molecule has 0 aliphatic rings. The first-order valence-electron chi connectivity index (χ1n) is 3.97. The second kappa shape index (κ2) is 4.85. The highest BCUT2D eigenvalue weighted by molar-refractivity contribution is 7.89. The van der Waals surface area contributed by atoms with Crippen LogP contribution in [0.1, 0.15) is 6.42 Å². The molecule has 0 bridgehead atoms. The Labute approximate surface area is 102 Å². The van der Waals surface area contributed by atoms with E-state index in [1.807, 2.05) is 0 Å². The van der Waals surface area contributed by atoms with Gasteiger partial charge in [0.2, 0.25) is 0 Å². The van der Waals surface area contributed by atoms with E-state index in [0.717, 1.165) is 0 Å². The van der Waals surface area contributed by atoms with Crippen LogP contribution in [0.25, 0.3) is 0 Å². The molecule has 0 radical (unpaired) electrons. The summed E-state index contributed by atoms with van der Waals surface area (Å²) in [5, 5.41) is -7.17. The minimum atomic E-state index is -7.60. The minimum absolute atomic E-state index is 3.50. The molecular weight excluding hydrogens is 347 g/mol. The van der Waals surface area contributed by atoms with Gasteiger partial charge in [-0.2, -0.15) is 39.5 Å². The van der Waals surface area contributed by atoms with Gasteiger partial charge in [0.05, 0.1) is 0 Å². The molecule has 0 aliphatic carbocycles. The lowest BCUT2D eigenvalue weighted by molar-refractivity contribution is -0.310. The molecule has 3 nitrogen and oxygen atoms in total. The molecule has 0 amide bonds. The number of halogens is 11. The van der Waals surface area contributed by atoms with Crippen molar-refractivity contribution in [2.75, 3.05) is 0 Å². The molecule has 0 aromatic carbocycles. The highest BCUT2D eigenvalue weighted by atomic mass is 32.2. The third-order valence-corrected chi connectivity index (χ3v) is 3.02. The zero-order valence-corrected chi connectivity index (χ0v) is 9.35. The van der Waals surface area contributed by atoms with Crippen LogP contribution in [-0.2, 0) is 10.0 Å². The maximum atomic E-state index is 12.6. The molecule has 0 N–H and O–H groups in total. The van der Waals surface area contributed by atoms with Crippen LogP contribution in [-0.4, -0.2) is 36.4 Å². The van der Waals surface area contributed by atoms with Crippen molar-refractivity contribution in [2.24, 2.45) is 0 Å². The second-order valence-corrected chi connectivity index (χ2v) is 5.00. The van der Waals surface area contributed by atoms with E-state index in [1.54, 1.807) is 0 Å². The fourth-order valence-corrected chi connectivity index (χ4v) is 1.47. The van der Waals surface area contributed by atoms with Gasteiger partial charge in [-0.25, -0.2) is 8.42 Å². The van der Waals surface area contributed by atoms with Crippen molar-refractivity contribution < 1.29 is 56.9 Å². The van der Waals surface area contributed by atoms with E-state index in [0.29, 0.717) is 0 Å². The standard InChI is InChI=1S/C5H2F11NO2S/c6-2(7,1-3(8,9)10)4(11,12)5(13,14)20(18,19)17(15)16/h1H2. The van der Waals surface area contributed by atoms with Crippen LogP contribution in [0.5, 0.6) is 0 Å². The van der Waals surface area contributed by atoms with Gasteiger partial charge in [0.25, 0.3) is 0 Å². The summed E-state index contributed by atoms with van der Waals surface area (Å²) in [6.45, 7) is 0. The number of hydrogen-bond donors (Lipinski definition) is 0. The zero-order valence-electron chi connectivity index (χ0n) is 8.54. The maximum absolute atomic E-state index is 12.6. The van der Waals surface area contributed by atoms with E-state index in [4.69, 9.17) is 0 Å². The van der Waals surface area contributed by atoms with Crippen molar-refractivity contribution in [2.45, 2.75) is 29.7 Å². The highest BCUT2D eigenvalue weighted by Crippen LogP contribution is 2.52. The van der Waals surface area contributed by atoms with E-state index in [-0.39, 0.29) is 0 Å². The fourth-order valence-electron chi connectivity index (χ4n) is 0.824. The quantitative estimate of drug-likeness (QED) is 0.565. The monoisotopic (exact) mass is 349 g/mol. The molecule has 20 heavy (non-hydrogen) atoms. The van der Waals surface area contributed by atoms with E-state index >= 15 is 0 Å². The Bertz CT molecular complexity index is 452. The van der Waals surface area contributed by atoms with Gasteiger partial charge >= 0.3 is 33.3 Å². The summed E-state index contributed by atoms with van der Waals surface area (Å²) in [6.07, 6.45) is -9.92. The van der Waals surface area contributed by atoms with Crippen molar-refractivity contribution in [3.05, 3.63) is 0 Å². The number of rotatable bonds is 5. The third kappa shape index (κ3) is 3.07. The lowest BCUT2D eigenvalue weighted by atomic mass is 10.1. The summed E-state index contributed by atoms with van der Waals surface area (Å²) in [4.78, 5) is 0. The molecule has 0 atom stereocenters. The normalized spacial score (nSPS) is 15.8. The van der Waals surface area contributed by atoms with Gasteiger partial charge in [0, 0.05) is 0 Å². The molecule has 0 unspecified atom stereocenters. The highest BCUT2D eigenvalue weighted by Gasteiger charge is 2.80. The molecule has 15 heteroatoms. The average Bonchev–Trinajstić information content (AvgIpc) is 2.12. The lowest BCUT2D eigenvalue weighted by Crippen LogP contribution is -2.60. The molecule has 0 saturated heterocycles. The summed E-state index contributed by atoms with van der Waals surface area (Å²) >= 11 is 0. The number of nitrogens with zero attached hydrogens (tertiary/aromatic N) is 1. The van der Waals surface area contributed by atoms with Gasteiger partial charge in [0.1, 0.15) is 11.2 Å². The fraction of sp³-hybridized carbons (Fsp3) is 1.00. The summed E-state index contributed by atoms with van der Waals surface area (Å²) in [7, 11) is -7.60. The van der Waals surface area contributed by atoms with Gasteiger partial charge in [0.15, 0.2) is 0 Å². The molecular formula is C5H2F11NO2S. The first-order chi connectivity index (χ1) is 8.40. The van der Waals surface area contributed by atoms with Gasteiger partial charge in [-0.1, -0.05) is 8.96 Å². The van der Waals surface area contributed by atoms with Gasteiger partial charge < -0.3 is 0 Å². The van der Waals surface area contributed by atoms with Crippen molar-refractivity contribution in [1.29, 1.82) is 0 Å².